The molecule has 0 atom stereocenters. The highest BCUT2D eigenvalue weighted by atomic mass is 28.4. The van der Waals surface area contributed by atoms with E-state index in [-0.39, 0.29) is 36.6 Å². The van der Waals surface area contributed by atoms with Gasteiger partial charge in [-0.15, -0.1) is 0 Å². The number of hydrogen-bond donors (Lipinski definition) is 2. The Bertz CT molecular complexity index is 452. The molecule has 0 spiro atoms. The molecule has 8 nitrogen and oxygen atoms in total. The van der Waals surface area contributed by atoms with Crippen LogP contribution in [0.3, 0.4) is 0 Å². The zero-order valence-corrected chi connectivity index (χ0v) is 28.3. The number of nitrogens with one attached hydrogen (secondary N) is 2. The van der Waals surface area contributed by atoms with Crippen molar-refractivity contribution in [3.63, 3.8) is 0 Å². The Labute approximate surface area is 232 Å². The molecular formula is C27H62N2O6Si2. The third kappa shape index (κ3) is 19.8. The first kappa shape index (κ1) is 37.1. The largest absolute Gasteiger partial charge is 0.501 e. The van der Waals surface area contributed by atoms with Crippen molar-refractivity contribution in [3.8, 4) is 0 Å². The summed E-state index contributed by atoms with van der Waals surface area (Å²) in [4.78, 5) is 0. The van der Waals surface area contributed by atoms with E-state index in [1.165, 1.54) is 0 Å². The molecule has 0 rings (SSSR count). The van der Waals surface area contributed by atoms with Crippen LogP contribution in [0.1, 0.15) is 102 Å². The highest BCUT2D eigenvalue weighted by Gasteiger charge is 2.44. The Morgan fingerprint density at radius 3 is 0.811 bits per heavy atom. The fourth-order valence-corrected chi connectivity index (χ4v) is 10.7. The second-order valence-electron chi connectivity index (χ2n) is 11.4. The molecule has 0 amide bonds. The smallest absolute Gasteiger partial charge is 0.371 e. The van der Waals surface area contributed by atoms with Crippen molar-refractivity contribution in [1.82, 2.24) is 10.6 Å². The van der Waals surface area contributed by atoms with Gasteiger partial charge in [0, 0.05) is 48.7 Å². The van der Waals surface area contributed by atoms with Gasteiger partial charge in [0.25, 0.3) is 0 Å². The molecule has 37 heavy (non-hydrogen) atoms. The van der Waals surface area contributed by atoms with Gasteiger partial charge in [0.15, 0.2) is 0 Å². The third-order valence-electron chi connectivity index (χ3n) is 4.87. The van der Waals surface area contributed by atoms with Crippen molar-refractivity contribution in [2.75, 3.05) is 26.2 Å². The Hall–Kier alpha value is 0.114. The summed E-state index contributed by atoms with van der Waals surface area (Å²) in [6, 6.07) is 1.65. The highest BCUT2D eigenvalue weighted by molar-refractivity contribution is 6.61. The van der Waals surface area contributed by atoms with E-state index < -0.39 is 17.6 Å². The van der Waals surface area contributed by atoms with Crippen molar-refractivity contribution >= 4 is 17.6 Å². The van der Waals surface area contributed by atoms with E-state index in [2.05, 4.69) is 93.7 Å². The summed E-state index contributed by atoms with van der Waals surface area (Å²) in [6.07, 6.45) is 3.53. The molecule has 0 aliphatic rings. The lowest BCUT2D eigenvalue weighted by atomic mass is 10.4. The minimum atomic E-state index is -2.70. The molecule has 0 bridgehead atoms. The van der Waals surface area contributed by atoms with E-state index >= 15 is 0 Å². The van der Waals surface area contributed by atoms with Gasteiger partial charge < -0.3 is 37.2 Å². The molecule has 224 valence electrons. The van der Waals surface area contributed by atoms with Crippen LogP contribution >= 0.6 is 0 Å². The topological polar surface area (TPSA) is 79.4 Å². The van der Waals surface area contributed by atoms with E-state index in [9.17, 15) is 0 Å². The second-order valence-corrected chi connectivity index (χ2v) is 16.6. The average Bonchev–Trinajstić information content (AvgIpc) is 2.68. The van der Waals surface area contributed by atoms with Gasteiger partial charge in [0.1, 0.15) is 0 Å². The van der Waals surface area contributed by atoms with Crippen LogP contribution < -0.4 is 10.6 Å². The zero-order chi connectivity index (χ0) is 28.5. The summed E-state index contributed by atoms with van der Waals surface area (Å²) < 4.78 is 37.6. The van der Waals surface area contributed by atoms with Gasteiger partial charge in [-0.2, -0.15) is 0 Å². The molecule has 0 aromatic heterocycles. The summed E-state index contributed by atoms with van der Waals surface area (Å²) >= 11 is 0. The fourth-order valence-electron chi connectivity index (χ4n) is 4.12. The van der Waals surface area contributed by atoms with Crippen LogP contribution in [0, 0.1) is 0 Å². The van der Waals surface area contributed by atoms with E-state index in [4.69, 9.17) is 26.6 Å². The van der Waals surface area contributed by atoms with Crippen molar-refractivity contribution in [2.45, 2.75) is 151 Å². The fraction of sp³-hybridized carbons (Fsp3) is 1.00. The molecule has 0 saturated heterocycles. The molecular weight excluding hydrogens is 504 g/mol. The summed E-state index contributed by atoms with van der Waals surface area (Å²) in [5, 5.41) is 7.12. The maximum atomic E-state index is 6.26. The summed E-state index contributed by atoms with van der Waals surface area (Å²) in [7, 11) is -5.40. The van der Waals surface area contributed by atoms with E-state index in [0.29, 0.717) is 0 Å². The van der Waals surface area contributed by atoms with Gasteiger partial charge in [0.2, 0.25) is 0 Å². The molecule has 0 aliphatic heterocycles. The Balaban J connectivity index is 4.36. The highest BCUT2D eigenvalue weighted by Crippen LogP contribution is 2.24. The van der Waals surface area contributed by atoms with Crippen molar-refractivity contribution in [3.05, 3.63) is 0 Å². The van der Waals surface area contributed by atoms with E-state index in [1.54, 1.807) is 0 Å². The monoisotopic (exact) mass is 566 g/mol. The minimum absolute atomic E-state index is 0.0850. The molecule has 0 aromatic rings. The lowest BCUT2D eigenvalue weighted by Crippen LogP contribution is -2.51. The minimum Gasteiger partial charge on any atom is -0.371 e. The van der Waals surface area contributed by atoms with E-state index in [0.717, 1.165) is 57.5 Å². The summed E-state index contributed by atoms with van der Waals surface area (Å²) in [6.45, 7) is 28.4. The molecule has 2 N–H and O–H groups in total. The third-order valence-corrected chi connectivity index (χ3v) is 11.8. The van der Waals surface area contributed by atoms with Crippen LogP contribution in [-0.4, -0.2) is 80.4 Å². The first-order valence-electron chi connectivity index (χ1n) is 14.7. The molecule has 0 radical (unpaired) electrons. The SMILES string of the molecule is CC(C)O[Si](CCCNCCCNCCC[Si](OC(C)C)(OC(C)C)OC(C)C)(OC(C)C)OC(C)C. The van der Waals surface area contributed by atoms with E-state index in [1.807, 2.05) is 0 Å². The summed E-state index contributed by atoms with van der Waals surface area (Å²) in [5.74, 6) is 0. The Morgan fingerprint density at radius 1 is 0.378 bits per heavy atom. The molecule has 0 fully saturated rings. The first-order chi connectivity index (χ1) is 17.2. The van der Waals surface area contributed by atoms with Crippen molar-refractivity contribution in [1.29, 1.82) is 0 Å². The van der Waals surface area contributed by atoms with Crippen LogP contribution in [0.25, 0.3) is 0 Å². The van der Waals surface area contributed by atoms with Gasteiger partial charge >= 0.3 is 17.6 Å². The number of hydrogen-bond acceptors (Lipinski definition) is 8. The molecule has 0 unspecified atom stereocenters. The molecule has 0 aliphatic carbocycles. The molecule has 0 saturated carbocycles. The van der Waals surface area contributed by atoms with Crippen molar-refractivity contribution in [2.24, 2.45) is 0 Å². The average molecular weight is 567 g/mol. The van der Waals surface area contributed by atoms with Crippen LogP contribution in [0.15, 0.2) is 0 Å². The van der Waals surface area contributed by atoms with Gasteiger partial charge in [-0.3, -0.25) is 0 Å². The van der Waals surface area contributed by atoms with Crippen molar-refractivity contribution < 1.29 is 26.6 Å². The Kier molecular flexibility index (Phi) is 20.1. The Morgan fingerprint density at radius 2 is 0.595 bits per heavy atom. The summed E-state index contributed by atoms with van der Waals surface area (Å²) in [5.41, 5.74) is 0. The first-order valence-corrected chi connectivity index (χ1v) is 18.6. The van der Waals surface area contributed by atoms with Crippen LogP contribution in [0.2, 0.25) is 12.1 Å². The van der Waals surface area contributed by atoms with Gasteiger partial charge in [0.05, 0.1) is 0 Å². The quantitative estimate of drug-likeness (QED) is 0.113. The van der Waals surface area contributed by atoms with Crippen LogP contribution in [-0.2, 0) is 26.6 Å². The zero-order valence-electron chi connectivity index (χ0n) is 26.3. The standard InChI is InChI=1S/C27H62N2O6Si2/c1-22(2)30-36(31-23(3)4,32-24(5)6)20-14-18-28-16-13-17-29-19-15-21-37(33-25(7)8,34-26(9)10)35-27(11)12/h22-29H,13-21H2,1-12H3. The molecule has 0 heterocycles. The normalized spacial score (nSPS) is 13.5. The van der Waals surface area contributed by atoms with Gasteiger partial charge in [-0.25, -0.2) is 0 Å². The lowest BCUT2D eigenvalue weighted by molar-refractivity contribution is 0.00177. The lowest BCUT2D eigenvalue weighted by Gasteiger charge is -2.34. The van der Waals surface area contributed by atoms with Gasteiger partial charge in [-0.1, -0.05) is 0 Å². The van der Waals surface area contributed by atoms with Crippen LogP contribution in [0.4, 0.5) is 0 Å². The maximum Gasteiger partial charge on any atom is 0.501 e. The predicted molar refractivity (Wildman–Crippen MR) is 158 cm³/mol. The number of rotatable bonds is 24. The predicted octanol–water partition coefficient (Wildman–Crippen LogP) is 5.76. The van der Waals surface area contributed by atoms with Crippen LogP contribution in [0.5, 0.6) is 0 Å². The maximum absolute atomic E-state index is 6.26. The second kappa shape index (κ2) is 20.1. The molecule has 0 aromatic carbocycles. The van der Waals surface area contributed by atoms with Gasteiger partial charge in [-0.05, 0) is 129 Å². The molecule has 10 heteroatoms.